The van der Waals surface area contributed by atoms with Crippen molar-refractivity contribution in [3.63, 3.8) is 0 Å². The Morgan fingerprint density at radius 1 is 0.588 bits per heavy atom. The smallest absolute Gasteiger partial charge is 0.418 e. The number of hydrogen-bond donors (Lipinski definition) is 3. The molecule has 8 rings (SSSR count). The molecule has 4 aromatic carbocycles. The van der Waals surface area contributed by atoms with Gasteiger partial charge in [0.25, 0.3) is 5.91 Å². The lowest BCUT2D eigenvalue weighted by molar-refractivity contribution is -0.139. The second-order valence-corrected chi connectivity index (χ2v) is 14.9. The van der Waals surface area contributed by atoms with Crippen LogP contribution in [0.25, 0.3) is 21.8 Å². The van der Waals surface area contributed by atoms with Gasteiger partial charge in [-0.15, -0.1) is 22.7 Å². The van der Waals surface area contributed by atoms with Crippen LogP contribution in [-0.4, -0.2) is 62.1 Å². The second kappa shape index (κ2) is 22.8. The highest BCUT2D eigenvalue weighted by molar-refractivity contribution is 7.11. The van der Waals surface area contributed by atoms with Crippen LogP contribution in [0.1, 0.15) is 38.2 Å². The summed E-state index contributed by atoms with van der Waals surface area (Å²) in [5.74, 6) is -1.89. The average molecular weight is 981 g/mol. The number of nitrogens with two attached hydrogens (primary N) is 1. The SMILES string of the molecule is C.Nc1ccc(OC(=O)c2nccs2)cc1.O=C(COc1ccnc2c(C(F)(F)F)cccc12)Nc1ccc(OC(=O)c2nccs2)cc1.O=C(O)COc1ccnc2c(C(F)(F)F)cccc12. The number of aromatic nitrogens is 4. The van der Waals surface area contributed by atoms with E-state index >= 15 is 0 Å². The Labute approximate surface area is 388 Å². The first kappa shape index (κ1) is 50.8. The number of thiazole rings is 2. The summed E-state index contributed by atoms with van der Waals surface area (Å²) < 4.78 is 98.6. The van der Waals surface area contributed by atoms with Gasteiger partial charge in [-0.1, -0.05) is 19.6 Å². The van der Waals surface area contributed by atoms with Crippen LogP contribution in [-0.2, 0) is 21.9 Å². The van der Waals surface area contributed by atoms with E-state index in [9.17, 15) is 45.5 Å². The summed E-state index contributed by atoms with van der Waals surface area (Å²) in [5.41, 5.74) is 4.25. The zero-order chi connectivity index (χ0) is 48.1. The number of nitrogens with zero attached hydrogens (tertiary/aromatic N) is 4. The summed E-state index contributed by atoms with van der Waals surface area (Å²) in [6.07, 6.45) is -3.71. The normalized spacial score (nSPS) is 10.9. The van der Waals surface area contributed by atoms with Crippen molar-refractivity contribution < 1.29 is 69.6 Å². The Kier molecular flexibility index (Phi) is 17.1. The number of carbonyl (C=O) groups excluding carboxylic acids is 3. The third-order valence-electron chi connectivity index (χ3n) is 8.44. The largest absolute Gasteiger partial charge is 0.483 e. The van der Waals surface area contributed by atoms with Crippen molar-refractivity contribution in [3.8, 4) is 23.0 Å². The summed E-state index contributed by atoms with van der Waals surface area (Å²) in [5, 5.41) is 15.3. The molecule has 4 N–H and O–H groups in total. The van der Waals surface area contributed by atoms with Crippen LogP contribution in [0.2, 0.25) is 0 Å². The predicted molar refractivity (Wildman–Crippen MR) is 239 cm³/mol. The summed E-state index contributed by atoms with van der Waals surface area (Å²) >= 11 is 2.39. The van der Waals surface area contributed by atoms with Gasteiger partial charge in [0, 0.05) is 57.7 Å². The molecule has 0 atom stereocenters. The standard InChI is InChI=1S/C22H14F3N3O4S.C12H8F3NO3.C10H8N2O2S.CH4/c23-22(24,25)16-3-1-2-15-17(8-9-26-19(15)16)31-12-18(29)28-13-4-6-14(7-5-13)32-21(30)20-27-10-11-33-20;13-12(14,15)8-3-1-2-7-9(19-6-10(17)18)4-5-16-11(7)8;11-7-1-3-8(4-2-7)14-10(13)9-12-5-6-15-9;/h1-11H,12H2,(H,28,29);1-5H,6H2,(H,17,18);1-6H,11H2;1H4. The fourth-order valence-corrected chi connectivity index (χ4v) is 6.60. The molecule has 15 nitrogen and oxygen atoms in total. The molecule has 23 heteroatoms. The number of benzene rings is 4. The van der Waals surface area contributed by atoms with Gasteiger partial charge < -0.3 is 35.1 Å². The van der Waals surface area contributed by atoms with E-state index in [1.807, 2.05) is 0 Å². The molecule has 68 heavy (non-hydrogen) atoms. The van der Waals surface area contributed by atoms with E-state index in [4.69, 9.17) is 29.8 Å². The van der Waals surface area contributed by atoms with Crippen molar-refractivity contribution in [2.24, 2.45) is 0 Å². The van der Waals surface area contributed by atoms with Crippen LogP contribution in [0.5, 0.6) is 23.0 Å². The topological polar surface area (TPSA) is 215 Å². The lowest BCUT2D eigenvalue weighted by atomic mass is 10.1. The molecule has 0 spiro atoms. The summed E-state index contributed by atoms with van der Waals surface area (Å²) in [4.78, 5) is 61.2. The van der Waals surface area contributed by atoms with Crippen molar-refractivity contribution >= 4 is 79.7 Å². The third-order valence-corrected chi connectivity index (χ3v) is 9.94. The van der Waals surface area contributed by atoms with Crippen LogP contribution >= 0.6 is 22.7 Å². The summed E-state index contributed by atoms with van der Waals surface area (Å²) in [6, 6.07) is 22.5. The summed E-state index contributed by atoms with van der Waals surface area (Å²) in [6.45, 7) is -1.06. The molecule has 1 amide bonds. The van der Waals surface area contributed by atoms with Gasteiger partial charge in [0.2, 0.25) is 10.0 Å². The molecule has 0 unspecified atom stereocenters. The van der Waals surface area contributed by atoms with E-state index in [1.54, 1.807) is 41.2 Å². The van der Waals surface area contributed by atoms with Crippen LogP contribution in [0.4, 0.5) is 37.7 Å². The van der Waals surface area contributed by atoms with Crippen molar-refractivity contribution in [2.75, 3.05) is 24.3 Å². The fraction of sp³-hybridized carbons (Fsp3) is 0.111. The van der Waals surface area contributed by atoms with Gasteiger partial charge in [-0.3, -0.25) is 14.8 Å². The molecule has 4 aromatic heterocycles. The predicted octanol–water partition coefficient (Wildman–Crippen LogP) is 10.2. The quantitative estimate of drug-likeness (QED) is 0.0476. The number of halogens is 6. The number of aliphatic carboxylic acids is 1. The number of fused-ring (bicyclic) bond motifs is 2. The Bertz CT molecular complexity index is 2980. The van der Waals surface area contributed by atoms with Gasteiger partial charge in [-0.05, 0) is 84.9 Å². The molecular formula is C45H34F6N6O9S2. The van der Waals surface area contributed by atoms with Gasteiger partial charge in [-0.2, -0.15) is 26.3 Å². The van der Waals surface area contributed by atoms with Crippen molar-refractivity contribution in [1.82, 2.24) is 19.9 Å². The number of rotatable bonds is 11. The zero-order valence-corrected chi connectivity index (χ0v) is 35.4. The molecule has 0 saturated carbocycles. The van der Waals surface area contributed by atoms with Gasteiger partial charge in [0.15, 0.2) is 13.2 Å². The molecule has 4 heterocycles. The first-order valence-electron chi connectivity index (χ1n) is 18.8. The van der Waals surface area contributed by atoms with E-state index in [0.717, 1.165) is 29.7 Å². The number of esters is 2. The average Bonchev–Trinajstić information content (AvgIpc) is 4.05. The molecule has 0 aliphatic heterocycles. The number of carboxylic acid groups (broad SMARTS) is 1. The highest BCUT2D eigenvalue weighted by Crippen LogP contribution is 2.37. The highest BCUT2D eigenvalue weighted by Gasteiger charge is 2.34. The van der Waals surface area contributed by atoms with E-state index in [1.165, 1.54) is 84.4 Å². The molecule has 0 bridgehead atoms. The molecule has 0 saturated heterocycles. The van der Waals surface area contributed by atoms with Crippen molar-refractivity contribution in [2.45, 2.75) is 19.8 Å². The first-order valence-corrected chi connectivity index (χ1v) is 20.6. The zero-order valence-electron chi connectivity index (χ0n) is 33.8. The van der Waals surface area contributed by atoms with Gasteiger partial charge in [0.05, 0.1) is 22.2 Å². The van der Waals surface area contributed by atoms with Gasteiger partial charge in [-0.25, -0.2) is 24.4 Å². The fourth-order valence-electron chi connectivity index (χ4n) is 5.58. The number of nitrogens with one attached hydrogen (secondary N) is 1. The first-order chi connectivity index (χ1) is 32.0. The van der Waals surface area contributed by atoms with E-state index < -0.39 is 60.5 Å². The second-order valence-electron chi connectivity index (χ2n) is 13.1. The number of alkyl halides is 6. The molecule has 0 radical (unpaired) electrons. The minimum atomic E-state index is -4.57. The highest BCUT2D eigenvalue weighted by atomic mass is 32.1. The van der Waals surface area contributed by atoms with Gasteiger partial charge >= 0.3 is 30.3 Å². The number of nitrogen functional groups attached to an aromatic ring is 1. The number of carbonyl (C=O) groups is 4. The molecule has 0 aliphatic carbocycles. The molecule has 352 valence electrons. The molecular weight excluding hydrogens is 947 g/mol. The van der Waals surface area contributed by atoms with Crippen LogP contribution < -0.4 is 30.0 Å². The van der Waals surface area contributed by atoms with E-state index in [-0.39, 0.29) is 51.5 Å². The molecule has 0 aliphatic rings. The maximum atomic E-state index is 13.2. The number of hydrogen-bond acceptors (Lipinski definition) is 15. The van der Waals surface area contributed by atoms with Crippen LogP contribution in [0, 0.1) is 0 Å². The summed E-state index contributed by atoms with van der Waals surface area (Å²) in [7, 11) is 0. The minimum absolute atomic E-state index is 0. The lowest BCUT2D eigenvalue weighted by Gasteiger charge is -2.13. The number of pyridine rings is 2. The Balaban J connectivity index is 0.000000209. The van der Waals surface area contributed by atoms with E-state index in [2.05, 4.69) is 25.3 Å². The third kappa shape index (κ3) is 13.9. The number of ether oxygens (including phenoxy) is 4. The maximum Gasteiger partial charge on any atom is 0.418 e. The maximum absolute atomic E-state index is 13.2. The minimum Gasteiger partial charge on any atom is -0.483 e. The number of carboxylic acids is 1. The Morgan fingerprint density at radius 3 is 1.44 bits per heavy atom. The van der Waals surface area contributed by atoms with E-state index in [0.29, 0.717) is 22.1 Å². The van der Waals surface area contributed by atoms with Crippen LogP contribution in [0.15, 0.2) is 133 Å². The number of amides is 1. The lowest BCUT2D eigenvalue weighted by Crippen LogP contribution is -2.20. The molecule has 8 aromatic rings. The number of anilines is 2. The van der Waals surface area contributed by atoms with Crippen LogP contribution in [0.3, 0.4) is 0 Å². The Morgan fingerprint density at radius 2 is 1.03 bits per heavy atom. The number of para-hydroxylation sites is 2. The van der Waals surface area contributed by atoms with Gasteiger partial charge in [0.1, 0.15) is 23.0 Å². The Hall–Kier alpha value is -8.18. The molecule has 0 fully saturated rings. The van der Waals surface area contributed by atoms with Crippen molar-refractivity contribution in [3.05, 3.63) is 154 Å². The monoisotopic (exact) mass is 980 g/mol. The van der Waals surface area contributed by atoms with Crippen molar-refractivity contribution in [1.29, 1.82) is 0 Å².